The lowest BCUT2D eigenvalue weighted by Gasteiger charge is -2.32. The predicted molar refractivity (Wildman–Crippen MR) is 93.0 cm³/mol. The summed E-state index contributed by atoms with van der Waals surface area (Å²) in [6.07, 6.45) is 6.21. The van der Waals surface area contributed by atoms with Crippen LogP contribution in [0.3, 0.4) is 0 Å². The van der Waals surface area contributed by atoms with Gasteiger partial charge in [-0.05, 0) is 25.5 Å². The minimum atomic E-state index is 0.200. The van der Waals surface area contributed by atoms with Crippen LogP contribution in [-0.4, -0.2) is 39.6 Å². The van der Waals surface area contributed by atoms with Crippen molar-refractivity contribution in [3.05, 3.63) is 48.0 Å². The summed E-state index contributed by atoms with van der Waals surface area (Å²) in [6.45, 7) is 6.27. The summed E-state index contributed by atoms with van der Waals surface area (Å²) in [5, 5.41) is 0. The molecule has 0 unspecified atom stereocenters. The van der Waals surface area contributed by atoms with Gasteiger partial charge in [-0.2, -0.15) is 0 Å². The molecule has 1 amide bonds. The highest BCUT2D eigenvalue weighted by Gasteiger charge is 2.24. The lowest BCUT2D eigenvalue weighted by Crippen LogP contribution is -2.42. The molecule has 128 valence electrons. The van der Waals surface area contributed by atoms with E-state index in [-0.39, 0.29) is 12.0 Å². The van der Waals surface area contributed by atoms with Crippen LogP contribution >= 0.6 is 0 Å². The molecule has 0 saturated carbocycles. The van der Waals surface area contributed by atoms with Crippen LogP contribution in [0.5, 0.6) is 5.75 Å². The molecule has 0 bridgehead atoms. The molecule has 0 atom stereocenters. The van der Waals surface area contributed by atoms with Crippen molar-refractivity contribution in [2.75, 3.05) is 13.1 Å². The summed E-state index contributed by atoms with van der Waals surface area (Å²) < 4.78 is 8.12. The van der Waals surface area contributed by atoms with Gasteiger partial charge in [-0.1, -0.05) is 18.2 Å². The van der Waals surface area contributed by atoms with Crippen molar-refractivity contribution in [1.29, 1.82) is 0 Å². The standard InChI is InChI=1S/C19H25N3O2/c1-15-5-3-4-6-18(15)24-17-7-11-22(12-8-17)19(23)9-13-21-14-10-20-16(21)2/h3-6,10,14,17H,7-9,11-13H2,1-2H3. The number of aryl methyl sites for hydroxylation is 3. The Balaban J connectivity index is 1.45. The van der Waals surface area contributed by atoms with Crippen LogP contribution in [0.1, 0.15) is 30.7 Å². The third-order valence-corrected chi connectivity index (χ3v) is 4.67. The highest BCUT2D eigenvalue weighted by molar-refractivity contribution is 5.76. The van der Waals surface area contributed by atoms with Crippen molar-refractivity contribution in [1.82, 2.24) is 14.5 Å². The monoisotopic (exact) mass is 327 g/mol. The van der Waals surface area contributed by atoms with Gasteiger partial charge in [0.2, 0.25) is 5.91 Å². The zero-order valence-electron chi connectivity index (χ0n) is 14.4. The third-order valence-electron chi connectivity index (χ3n) is 4.67. The maximum atomic E-state index is 12.4. The Morgan fingerprint density at radius 2 is 2.00 bits per heavy atom. The number of likely N-dealkylation sites (tertiary alicyclic amines) is 1. The van der Waals surface area contributed by atoms with Crippen molar-refractivity contribution >= 4 is 5.91 Å². The number of carbonyl (C=O) groups is 1. The van der Waals surface area contributed by atoms with Gasteiger partial charge in [0.05, 0.1) is 0 Å². The first-order valence-corrected chi connectivity index (χ1v) is 8.61. The minimum Gasteiger partial charge on any atom is -0.490 e. The number of imidazole rings is 1. The highest BCUT2D eigenvalue weighted by Crippen LogP contribution is 2.22. The van der Waals surface area contributed by atoms with Crippen molar-refractivity contribution < 1.29 is 9.53 Å². The molecule has 2 heterocycles. The Kier molecular flexibility index (Phi) is 5.18. The van der Waals surface area contributed by atoms with Crippen LogP contribution in [0.25, 0.3) is 0 Å². The summed E-state index contributed by atoms with van der Waals surface area (Å²) in [7, 11) is 0. The van der Waals surface area contributed by atoms with E-state index in [1.807, 2.05) is 40.8 Å². The average molecular weight is 327 g/mol. The summed E-state index contributed by atoms with van der Waals surface area (Å²) in [5.41, 5.74) is 1.16. The fourth-order valence-electron chi connectivity index (χ4n) is 3.11. The van der Waals surface area contributed by atoms with Gasteiger partial charge in [-0.15, -0.1) is 0 Å². The van der Waals surface area contributed by atoms with E-state index in [4.69, 9.17) is 4.74 Å². The molecule has 24 heavy (non-hydrogen) atoms. The van der Waals surface area contributed by atoms with Crippen LogP contribution in [0.4, 0.5) is 0 Å². The maximum absolute atomic E-state index is 12.4. The second-order valence-electron chi connectivity index (χ2n) is 6.38. The lowest BCUT2D eigenvalue weighted by atomic mass is 10.1. The van der Waals surface area contributed by atoms with E-state index < -0.39 is 0 Å². The number of ether oxygens (including phenoxy) is 1. The molecule has 1 fully saturated rings. The Labute approximate surface area is 143 Å². The predicted octanol–water partition coefficient (Wildman–Crippen LogP) is 2.96. The van der Waals surface area contributed by atoms with Crippen LogP contribution in [0.15, 0.2) is 36.7 Å². The summed E-state index contributed by atoms with van der Waals surface area (Å²) in [5.74, 6) is 2.13. The van der Waals surface area contributed by atoms with Gasteiger partial charge in [-0.3, -0.25) is 4.79 Å². The first-order valence-electron chi connectivity index (χ1n) is 8.61. The van der Waals surface area contributed by atoms with E-state index in [9.17, 15) is 4.79 Å². The van der Waals surface area contributed by atoms with Gasteiger partial charge in [0.1, 0.15) is 17.7 Å². The summed E-state index contributed by atoms with van der Waals surface area (Å²) in [4.78, 5) is 18.5. The van der Waals surface area contributed by atoms with Crippen LogP contribution < -0.4 is 4.74 Å². The number of amides is 1. The number of rotatable bonds is 5. The zero-order chi connectivity index (χ0) is 16.9. The largest absolute Gasteiger partial charge is 0.490 e. The molecule has 1 aromatic heterocycles. The van der Waals surface area contributed by atoms with Crippen molar-refractivity contribution in [2.24, 2.45) is 0 Å². The highest BCUT2D eigenvalue weighted by atomic mass is 16.5. The third kappa shape index (κ3) is 3.96. The van der Waals surface area contributed by atoms with Gasteiger partial charge in [0.15, 0.2) is 0 Å². The molecular weight excluding hydrogens is 302 g/mol. The molecular formula is C19H25N3O2. The Bertz CT molecular complexity index is 687. The zero-order valence-corrected chi connectivity index (χ0v) is 14.4. The van der Waals surface area contributed by atoms with Crippen molar-refractivity contribution in [2.45, 2.75) is 45.8 Å². The molecule has 0 radical (unpaired) electrons. The first kappa shape index (κ1) is 16.6. The Morgan fingerprint density at radius 3 is 2.67 bits per heavy atom. The second kappa shape index (κ2) is 7.51. The van der Waals surface area contributed by atoms with Gasteiger partial charge in [0.25, 0.3) is 0 Å². The second-order valence-corrected chi connectivity index (χ2v) is 6.38. The number of hydrogen-bond donors (Lipinski definition) is 0. The number of carbonyl (C=O) groups excluding carboxylic acids is 1. The van der Waals surface area contributed by atoms with Crippen molar-refractivity contribution in [3.63, 3.8) is 0 Å². The van der Waals surface area contributed by atoms with Crippen LogP contribution in [0.2, 0.25) is 0 Å². The van der Waals surface area contributed by atoms with E-state index in [2.05, 4.69) is 18.0 Å². The van der Waals surface area contributed by atoms with Gasteiger partial charge >= 0.3 is 0 Å². The fourth-order valence-corrected chi connectivity index (χ4v) is 3.11. The SMILES string of the molecule is Cc1ccccc1OC1CCN(C(=O)CCn2ccnc2C)CC1. The van der Waals surface area contributed by atoms with E-state index >= 15 is 0 Å². The number of para-hydroxylation sites is 1. The number of aromatic nitrogens is 2. The minimum absolute atomic E-state index is 0.200. The van der Waals surface area contributed by atoms with Gasteiger partial charge in [0, 0.05) is 51.3 Å². The Hall–Kier alpha value is -2.30. The maximum Gasteiger partial charge on any atom is 0.224 e. The smallest absolute Gasteiger partial charge is 0.224 e. The molecule has 0 aliphatic carbocycles. The number of hydrogen-bond acceptors (Lipinski definition) is 3. The average Bonchev–Trinajstić information content (AvgIpc) is 3.00. The molecule has 5 heteroatoms. The van der Waals surface area contributed by atoms with Crippen LogP contribution in [-0.2, 0) is 11.3 Å². The van der Waals surface area contributed by atoms with E-state index in [0.29, 0.717) is 13.0 Å². The topological polar surface area (TPSA) is 47.4 Å². The van der Waals surface area contributed by atoms with Gasteiger partial charge in [-0.25, -0.2) is 4.98 Å². The fraction of sp³-hybridized carbons (Fsp3) is 0.474. The normalized spacial score (nSPS) is 15.5. The molecule has 1 aliphatic heterocycles. The molecule has 2 aromatic rings. The first-order chi connectivity index (χ1) is 11.6. The molecule has 1 saturated heterocycles. The molecule has 5 nitrogen and oxygen atoms in total. The van der Waals surface area contributed by atoms with Crippen LogP contribution in [0, 0.1) is 13.8 Å². The van der Waals surface area contributed by atoms with E-state index in [0.717, 1.165) is 43.1 Å². The Morgan fingerprint density at radius 1 is 1.25 bits per heavy atom. The summed E-state index contributed by atoms with van der Waals surface area (Å²) in [6, 6.07) is 8.09. The lowest BCUT2D eigenvalue weighted by molar-refractivity contribution is -0.133. The van der Waals surface area contributed by atoms with Crippen molar-refractivity contribution in [3.8, 4) is 5.75 Å². The quantitative estimate of drug-likeness (QED) is 0.848. The number of benzene rings is 1. The number of piperidine rings is 1. The molecule has 3 rings (SSSR count). The number of nitrogens with zero attached hydrogens (tertiary/aromatic N) is 3. The molecule has 0 spiro atoms. The van der Waals surface area contributed by atoms with Gasteiger partial charge < -0.3 is 14.2 Å². The van der Waals surface area contributed by atoms with E-state index in [1.54, 1.807) is 6.20 Å². The summed E-state index contributed by atoms with van der Waals surface area (Å²) >= 11 is 0. The molecule has 1 aliphatic rings. The molecule has 1 aromatic carbocycles. The van der Waals surface area contributed by atoms with E-state index in [1.165, 1.54) is 0 Å². The molecule has 0 N–H and O–H groups in total.